The molecule has 1 heterocycles. The Morgan fingerprint density at radius 2 is 1.94 bits per heavy atom. The lowest BCUT2D eigenvalue weighted by Gasteiger charge is -2.07. The van der Waals surface area contributed by atoms with Gasteiger partial charge < -0.3 is 18.9 Å². The first-order valence-electron chi connectivity index (χ1n) is 4.23. The molecule has 4 nitrogen and oxygen atoms in total. The average molecular weight is 297 g/mol. The highest BCUT2D eigenvalue weighted by Gasteiger charge is 2.43. The van der Waals surface area contributed by atoms with Crippen LogP contribution in [0.1, 0.15) is 0 Å². The predicted octanol–water partition coefficient (Wildman–Crippen LogP) is 2.75. The van der Waals surface area contributed by atoms with E-state index in [0.717, 1.165) is 0 Å². The molecule has 0 atom stereocenters. The lowest BCUT2D eigenvalue weighted by molar-refractivity contribution is -0.286. The van der Waals surface area contributed by atoms with E-state index in [1.807, 2.05) is 0 Å². The fraction of sp³-hybridized carbons (Fsp3) is 0.333. The van der Waals surface area contributed by atoms with Gasteiger partial charge in [0.15, 0.2) is 18.3 Å². The summed E-state index contributed by atoms with van der Waals surface area (Å²) in [4.78, 5) is 0. The van der Waals surface area contributed by atoms with E-state index in [0.29, 0.717) is 10.2 Å². The van der Waals surface area contributed by atoms with Crippen molar-refractivity contribution in [3.63, 3.8) is 0 Å². The summed E-state index contributed by atoms with van der Waals surface area (Å²) >= 11 is 3.16. The Bertz CT molecular complexity index is 411. The fourth-order valence-electron chi connectivity index (χ4n) is 1.19. The average Bonchev–Trinajstić information content (AvgIpc) is 2.47. The van der Waals surface area contributed by atoms with Crippen LogP contribution in [0.2, 0.25) is 0 Å². The van der Waals surface area contributed by atoms with Gasteiger partial charge in [-0.05, 0) is 15.9 Å². The van der Waals surface area contributed by atoms with Crippen molar-refractivity contribution in [1.29, 1.82) is 0 Å². The summed E-state index contributed by atoms with van der Waals surface area (Å²) in [5, 5.41) is 0. The second-order valence-electron chi connectivity index (χ2n) is 2.95. The summed E-state index contributed by atoms with van der Waals surface area (Å²) in [6.45, 7) is 0.00857. The van der Waals surface area contributed by atoms with Crippen LogP contribution in [0.4, 0.5) is 8.78 Å². The number of methoxy groups -OCH3 is 1. The van der Waals surface area contributed by atoms with Gasteiger partial charge in [-0.2, -0.15) is 0 Å². The van der Waals surface area contributed by atoms with Crippen molar-refractivity contribution in [2.24, 2.45) is 0 Å². The smallest absolute Gasteiger partial charge is 0.466 e. The van der Waals surface area contributed by atoms with Gasteiger partial charge in [0.25, 0.3) is 0 Å². The SMILES string of the molecule is COCOc1cc2c(cc1Br)OC(F)(F)O2. The van der Waals surface area contributed by atoms with Crippen LogP contribution in [0.3, 0.4) is 0 Å². The van der Waals surface area contributed by atoms with Gasteiger partial charge in [0.05, 0.1) is 4.47 Å². The highest BCUT2D eigenvalue weighted by molar-refractivity contribution is 9.10. The molecule has 0 radical (unpaired) electrons. The third-order valence-electron chi connectivity index (χ3n) is 1.79. The Morgan fingerprint density at radius 1 is 1.31 bits per heavy atom. The van der Waals surface area contributed by atoms with Crippen molar-refractivity contribution in [1.82, 2.24) is 0 Å². The van der Waals surface area contributed by atoms with E-state index in [9.17, 15) is 8.78 Å². The van der Waals surface area contributed by atoms with Gasteiger partial charge in [-0.3, -0.25) is 0 Å². The first kappa shape index (κ1) is 11.4. The maximum Gasteiger partial charge on any atom is 0.586 e. The highest BCUT2D eigenvalue weighted by atomic mass is 79.9. The van der Waals surface area contributed by atoms with E-state index in [4.69, 9.17) is 9.47 Å². The molecular weight excluding hydrogens is 290 g/mol. The van der Waals surface area contributed by atoms with Crippen molar-refractivity contribution in [3.05, 3.63) is 16.6 Å². The molecule has 88 valence electrons. The summed E-state index contributed by atoms with van der Waals surface area (Å²) < 4.78 is 44.3. The van der Waals surface area contributed by atoms with Crippen LogP contribution in [0.15, 0.2) is 16.6 Å². The molecule has 1 aromatic carbocycles. The van der Waals surface area contributed by atoms with Gasteiger partial charge in [-0.25, -0.2) is 0 Å². The molecule has 0 amide bonds. The molecule has 0 fully saturated rings. The number of alkyl halides is 2. The number of halogens is 3. The molecule has 0 N–H and O–H groups in total. The number of hydrogen-bond donors (Lipinski definition) is 0. The van der Waals surface area contributed by atoms with Crippen molar-refractivity contribution in [2.75, 3.05) is 13.9 Å². The van der Waals surface area contributed by atoms with Gasteiger partial charge in [-0.15, -0.1) is 8.78 Å². The molecule has 0 spiro atoms. The molecule has 0 saturated heterocycles. The molecule has 16 heavy (non-hydrogen) atoms. The van der Waals surface area contributed by atoms with Crippen LogP contribution in [0, 0.1) is 0 Å². The molecule has 1 aliphatic heterocycles. The van der Waals surface area contributed by atoms with Gasteiger partial charge in [0.1, 0.15) is 5.75 Å². The van der Waals surface area contributed by atoms with Gasteiger partial charge in [-0.1, -0.05) is 0 Å². The molecular formula is C9H7BrF2O4. The molecule has 0 unspecified atom stereocenters. The van der Waals surface area contributed by atoms with Crippen LogP contribution < -0.4 is 14.2 Å². The van der Waals surface area contributed by atoms with Crippen LogP contribution >= 0.6 is 15.9 Å². The topological polar surface area (TPSA) is 36.9 Å². The molecule has 0 aliphatic carbocycles. The third-order valence-corrected chi connectivity index (χ3v) is 2.41. The minimum absolute atomic E-state index is 0.00857. The van der Waals surface area contributed by atoms with Crippen LogP contribution in [-0.2, 0) is 4.74 Å². The predicted molar refractivity (Wildman–Crippen MR) is 52.8 cm³/mol. The Balaban J connectivity index is 2.26. The number of benzene rings is 1. The Hall–Kier alpha value is -1.08. The van der Waals surface area contributed by atoms with Crippen LogP contribution in [0.25, 0.3) is 0 Å². The molecule has 0 saturated carbocycles. The first-order valence-corrected chi connectivity index (χ1v) is 5.02. The number of hydrogen-bond acceptors (Lipinski definition) is 4. The minimum Gasteiger partial charge on any atom is -0.466 e. The van der Waals surface area contributed by atoms with Crippen molar-refractivity contribution >= 4 is 15.9 Å². The summed E-state index contributed by atoms with van der Waals surface area (Å²) in [7, 11) is 1.45. The maximum atomic E-state index is 12.7. The van der Waals surface area contributed by atoms with Crippen LogP contribution in [0.5, 0.6) is 17.2 Å². The summed E-state index contributed by atoms with van der Waals surface area (Å²) in [5.74, 6) is 0.225. The lowest BCUT2D eigenvalue weighted by atomic mass is 10.3. The van der Waals surface area contributed by atoms with E-state index in [1.165, 1.54) is 19.2 Å². The zero-order valence-corrected chi connectivity index (χ0v) is 9.71. The van der Waals surface area contributed by atoms with E-state index in [2.05, 4.69) is 25.4 Å². The molecule has 2 rings (SSSR count). The number of fused-ring (bicyclic) bond motifs is 1. The highest BCUT2D eigenvalue weighted by Crippen LogP contribution is 2.45. The Morgan fingerprint density at radius 3 is 2.56 bits per heavy atom. The third kappa shape index (κ3) is 2.19. The van der Waals surface area contributed by atoms with Crippen molar-refractivity contribution in [2.45, 2.75) is 6.29 Å². The van der Waals surface area contributed by atoms with Gasteiger partial charge >= 0.3 is 6.29 Å². The largest absolute Gasteiger partial charge is 0.586 e. The van der Waals surface area contributed by atoms with E-state index in [-0.39, 0.29) is 18.3 Å². The maximum absolute atomic E-state index is 12.7. The molecule has 1 aliphatic rings. The second kappa shape index (κ2) is 4.06. The normalized spacial score (nSPS) is 16.2. The van der Waals surface area contributed by atoms with E-state index < -0.39 is 6.29 Å². The standard InChI is InChI=1S/C9H7BrF2O4/c1-13-4-14-6-3-8-7(2-5(6)10)15-9(11,12)16-8/h2-3H,4H2,1H3. The van der Waals surface area contributed by atoms with Crippen LogP contribution in [-0.4, -0.2) is 20.2 Å². The molecule has 1 aromatic rings. The quantitative estimate of drug-likeness (QED) is 0.804. The number of rotatable bonds is 3. The lowest BCUT2D eigenvalue weighted by Crippen LogP contribution is -2.25. The summed E-state index contributed by atoms with van der Waals surface area (Å²) in [5.41, 5.74) is 0. The molecule has 7 heteroatoms. The summed E-state index contributed by atoms with van der Waals surface area (Å²) in [6, 6.07) is 2.65. The molecule has 0 bridgehead atoms. The Kier molecular flexibility index (Phi) is 2.90. The van der Waals surface area contributed by atoms with E-state index in [1.54, 1.807) is 0 Å². The van der Waals surface area contributed by atoms with Crippen molar-refractivity contribution in [3.8, 4) is 17.2 Å². The summed E-state index contributed by atoms with van der Waals surface area (Å²) in [6.07, 6.45) is -3.62. The first-order chi connectivity index (χ1) is 7.52. The van der Waals surface area contributed by atoms with Crippen molar-refractivity contribution < 1.29 is 27.7 Å². The number of ether oxygens (including phenoxy) is 4. The Labute approximate surface area is 98.2 Å². The van der Waals surface area contributed by atoms with Gasteiger partial charge in [0, 0.05) is 19.2 Å². The molecule has 0 aromatic heterocycles. The second-order valence-corrected chi connectivity index (χ2v) is 3.80. The van der Waals surface area contributed by atoms with E-state index >= 15 is 0 Å². The zero-order valence-electron chi connectivity index (χ0n) is 8.13. The van der Waals surface area contributed by atoms with Gasteiger partial charge in [0.2, 0.25) is 0 Å². The zero-order chi connectivity index (χ0) is 11.8. The fourth-order valence-corrected chi connectivity index (χ4v) is 1.62. The monoisotopic (exact) mass is 296 g/mol. The minimum atomic E-state index is -3.62.